The number of hydrogen-bond acceptors (Lipinski definition) is 5. The largest absolute Gasteiger partial charge is 0.338 e. The van der Waals surface area contributed by atoms with E-state index in [0.29, 0.717) is 48.4 Å². The quantitative estimate of drug-likeness (QED) is 0.384. The second kappa shape index (κ2) is 10.7. The highest BCUT2D eigenvalue weighted by Crippen LogP contribution is 2.28. The second-order valence-corrected chi connectivity index (χ2v) is 9.40. The van der Waals surface area contributed by atoms with Crippen LogP contribution in [0.15, 0.2) is 73.2 Å². The molecule has 8 heteroatoms. The van der Waals surface area contributed by atoms with E-state index in [4.69, 9.17) is 0 Å². The summed E-state index contributed by atoms with van der Waals surface area (Å²) in [6, 6.07) is 18.5. The molecule has 0 bridgehead atoms. The van der Waals surface area contributed by atoms with Crippen molar-refractivity contribution in [1.29, 1.82) is 0 Å². The van der Waals surface area contributed by atoms with Gasteiger partial charge in [-0.2, -0.15) is 0 Å². The van der Waals surface area contributed by atoms with Crippen LogP contribution in [0.2, 0.25) is 0 Å². The summed E-state index contributed by atoms with van der Waals surface area (Å²) in [5.41, 5.74) is 4.01. The fraction of sp³-hybridized carbons (Fsp3) is 0.276. The molecule has 1 N–H and O–H groups in total. The molecule has 37 heavy (non-hydrogen) atoms. The average Bonchev–Trinajstić information content (AvgIpc) is 3.35. The van der Waals surface area contributed by atoms with Crippen LogP contribution >= 0.6 is 0 Å². The van der Waals surface area contributed by atoms with Gasteiger partial charge in [0.1, 0.15) is 0 Å². The van der Waals surface area contributed by atoms with E-state index in [-0.39, 0.29) is 23.5 Å². The number of imidazole rings is 1. The summed E-state index contributed by atoms with van der Waals surface area (Å²) in [6.45, 7) is 3.03. The number of amides is 2. The molecule has 1 aliphatic heterocycles. The molecule has 5 rings (SSSR count). The lowest BCUT2D eigenvalue weighted by Gasteiger charge is -2.32. The first-order valence-electron chi connectivity index (χ1n) is 12.5. The van der Waals surface area contributed by atoms with Crippen LogP contribution in [0.25, 0.3) is 11.0 Å². The number of nitrogens with zero attached hydrogens (tertiary/aromatic N) is 4. The first kappa shape index (κ1) is 24.4. The number of nitrogens with one attached hydrogen (secondary N) is 1. The third-order valence-corrected chi connectivity index (χ3v) is 6.74. The van der Waals surface area contributed by atoms with E-state index in [0.717, 1.165) is 24.1 Å². The topological polar surface area (TPSA) is 97.2 Å². The van der Waals surface area contributed by atoms with E-state index in [9.17, 15) is 14.4 Å². The molecule has 1 fully saturated rings. The molecule has 2 amide bonds. The zero-order valence-corrected chi connectivity index (χ0v) is 20.8. The Balaban J connectivity index is 1.39. The normalized spacial score (nSPS) is 15.5. The van der Waals surface area contributed by atoms with Crippen molar-refractivity contribution in [2.75, 3.05) is 18.4 Å². The van der Waals surface area contributed by atoms with Crippen molar-refractivity contribution >= 4 is 34.3 Å². The SMILES string of the molecule is CC(=O)Nc1cc(C(=O)N2CCC[C@H](C(=O)c3ccccc3)C2)cc2ncn(CCc3ccccn3)c12. The number of ketones is 1. The Bertz CT molecular complexity index is 1430. The third-order valence-electron chi connectivity index (χ3n) is 6.74. The molecule has 0 aliphatic carbocycles. The molecule has 8 nitrogen and oxygen atoms in total. The number of hydrogen-bond donors (Lipinski definition) is 1. The summed E-state index contributed by atoms with van der Waals surface area (Å²) in [7, 11) is 0. The van der Waals surface area contributed by atoms with Crippen molar-refractivity contribution in [3.8, 4) is 0 Å². The van der Waals surface area contributed by atoms with Gasteiger partial charge < -0.3 is 14.8 Å². The maximum atomic E-state index is 13.6. The number of likely N-dealkylation sites (tertiary alicyclic amines) is 1. The zero-order valence-electron chi connectivity index (χ0n) is 20.8. The number of Topliss-reactive ketones (excluding diaryl/α,β-unsaturated/α-hetero) is 1. The van der Waals surface area contributed by atoms with E-state index in [1.165, 1.54) is 6.92 Å². The van der Waals surface area contributed by atoms with Crippen molar-refractivity contribution in [3.05, 3.63) is 90.0 Å². The third kappa shape index (κ3) is 5.43. The van der Waals surface area contributed by atoms with Crippen molar-refractivity contribution in [2.24, 2.45) is 5.92 Å². The molecular weight excluding hydrogens is 466 g/mol. The fourth-order valence-corrected chi connectivity index (χ4v) is 4.96. The Morgan fingerprint density at radius 1 is 1.00 bits per heavy atom. The number of carbonyl (C=O) groups excluding carboxylic acids is 3. The highest BCUT2D eigenvalue weighted by atomic mass is 16.2. The Morgan fingerprint density at radius 2 is 1.81 bits per heavy atom. The Hall–Kier alpha value is -4.33. The van der Waals surface area contributed by atoms with E-state index < -0.39 is 0 Å². The molecule has 0 spiro atoms. The molecule has 188 valence electrons. The van der Waals surface area contributed by atoms with Gasteiger partial charge in [-0.05, 0) is 37.1 Å². The summed E-state index contributed by atoms with van der Waals surface area (Å²) in [5, 5.41) is 2.88. The molecule has 2 aromatic heterocycles. The highest BCUT2D eigenvalue weighted by Gasteiger charge is 2.30. The standard InChI is InChI=1S/C29H29N5O3/c1-20(35)32-26-17-23(16-25-27(26)34(19-31-25)15-12-24-11-5-6-13-30-24)29(37)33-14-7-10-22(18-33)28(36)21-8-3-2-4-9-21/h2-6,8-9,11,13,16-17,19,22H,7,10,12,14-15,18H2,1H3,(H,32,35)/t22-/m0/s1. The first-order valence-corrected chi connectivity index (χ1v) is 12.5. The van der Waals surface area contributed by atoms with E-state index in [1.807, 2.05) is 53.1 Å². The van der Waals surface area contributed by atoms with Crippen LogP contribution < -0.4 is 5.32 Å². The minimum atomic E-state index is -0.232. The van der Waals surface area contributed by atoms with Crippen LogP contribution in [0.3, 0.4) is 0 Å². The van der Waals surface area contributed by atoms with Gasteiger partial charge in [0.2, 0.25) is 5.91 Å². The van der Waals surface area contributed by atoms with Crippen LogP contribution in [-0.4, -0.2) is 50.1 Å². The number of aryl methyl sites for hydroxylation is 2. The minimum absolute atomic E-state index is 0.0686. The number of pyridine rings is 1. The smallest absolute Gasteiger partial charge is 0.254 e. The van der Waals surface area contributed by atoms with Crippen LogP contribution in [0, 0.1) is 5.92 Å². The molecule has 1 aliphatic rings. The van der Waals surface area contributed by atoms with E-state index >= 15 is 0 Å². The molecule has 1 saturated heterocycles. The van der Waals surface area contributed by atoms with Crippen molar-refractivity contribution in [2.45, 2.75) is 32.7 Å². The van der Waals surface area contributed by atoms with E-state index in [1.54, 1.807) is 29.6 Å². The maximum Gasteiger partial charge on any atom is 0.254 e. The monoisotopic (exact) mass is 495 g/mol. The molecule has 3 heterocycles. The van der Waals surface area contributed by atoms with Crippen molar-refractivity contribution < 1.29 is 14.4 Å². The van der Waals surface area contributed by atoms with Gasteiger partial charge in [-0.25, -0.2) is 4.98 Å². The lowest BCUT2D eigenvalue weighted by molar-refractivity contribution is -0.114. The van der Waals surface area contributed by atoms with E-state index in [2.05, 4.69) is 15.3 Å². The summed E-state index contributed by atoms with van der Waals surface area (Å²) in [5.74, 6) is -0.555. The Kier molecular flexibility index (Phi) is 7.07. The first-order chi connectivity index (χ1) is 18.0. The number of carbonyl (C=O) groups is 3. The molecule has 0 radical (unpaired) electrons. The van der Waals surface area contributed by atoms with Gasteiger partial charge in [0.15, 0.2) is 5.78 Å². The average molecular weight is 496 g/mol. The summed E-state index contributed by atoms with van der Waals surface area (Å²) < 4.78 is 1.97. The molecule has 0 saturated carbocycles. The predicted octanol–water partition coefficient (Wildman–Crippen LogP) is 4.37. The summed E-state index contributed by atoms with van der Waals surface area (Å²) >= 11 is 0. The van der Waals surface area contributed by atoms with Crippen LogP contribution in [0.4, 0.5) is 5.69 Å². The predicted molar refractivity (Wildman–Crippen MR) is 141 cm³/mol. The maximum absolute atomic E-state index is 13.6. The number of benzene rings is 2. The fourth-order valence-electron chi connectivity index (χ4n) is 4.96. The number of rotatable bonds is 7. The molecule has 0 unspecified atom stereocenters. The Labute approximate surface area is 215 Å². The number of piperidine rings is 1. The number of aromatic nitrogens is 3. The lowest BCUT2D eigenvalue weighted by Crippen LogP contribution is -2.42. The highest BCUT2D eigenvalue weighted by molar-refractivity contribution is 6.05. The Morgan fingerprint density at radius 3 is 2.57 bits per heavy atom. The second-order valence-electron chi connectivity index (χ2n) is 9.40. The van der Waals surface area contributed by atoms with Crippen molar-refractivity contribution in [3.63, 3.8) is 0 Å². The van der Waals surface area contributed by atoms with Crippen LogP contribution in [0.5, 0.6) is 0 Å². The van der Waals surface area contributed by atoms with Gasteiger partial charge >= 0.3 is 0 Å². The van der Waals surface area contributed by atoms with Gasteiger partial charge in [-0.3, -0.25) is 19.4 Å². The van der Waals surface area contributed by atoms with Gasteiger partial charge in [0, 0.05) is 61.9 Å². The van der Waals surface area contributed by atoms with Gasteiger partial charge in [-0.1, -0.05) is 36.4 Å². The molecule has 2 aromatic carbocycles. The van der Waals surface area contributed by atoms with Gasteiger partial charge in [0.05, 0.1) is 23.0 Å². The lowest BCUT2D eigenvalue weighted by atomic mass is 9.89. The zero-order chi connectivity index (χ0) is 25.8. The summed E-state index contributed by atoms with van der Waals surface area (Å²) in [6.07, 6.45) is 5.71. The molecule has 4 aromatic rings. The summed E-state index contributed by atoms with van der Waals surface area (Å²) in [4.78, 5) is 49.3. The molecular formula is C29H29N5O3. The van der Waals surface area contributed by atoms with Crippen LogP contribution in [-0.2, 0) is 17.8 Å². The minimum Gasteiger partial charge on any atom is -0.338 e. The van der Waals surface area contributed by atoms with Gasteiger partial charge in [-0.15, -0.1) is 0 Å². The van der Waals surface area contributed by atoms with Crippen molar-refractivity contribution in [1.82, 2.24) is 19.4 Å². The number of anilines is 1. The van der Waals surface area contributed by atoms with Crippen LogP contribution in [0.1, 0.15) is 46.2 Å². The number of fused-ring (bicyclic) bond motifs is 1. The molecule has 1 atom stereocenters. The van der Waals surface area contributed by atoms with Gasteiger partial charge in [0.25, 0.3) is 5.91 Å².